The molecule has 4 heterocycles. The van der Waals surface area contributed by atoms with Gasteiger partial charge in [0.1, 0.15) is 5.75 Å². The number of alkyl halides is 3. The van der Waals surface area contributed by atoms with Crippen molar-refractivity contribution in [3.63, 3.8) is 0 Å². The quantitative estimate of drug-likeness (QED) is 0.0805. The number of azide groups is 1. The molecular formula is C41H35F3N6O9S. The lowest BCUT2D eigenvalue weighted by molar-refractivity contribution is -0.274. The molecule has 4 aliphatic heterocycles. The molecule has 7 atom stereocenters. The van der Waals surface area contributed by atoms with Gasteiger partial charge < -0.3 is 43.7 Å². The highest BCUT2D eigenvalue weighted by molar-refractivity contribution is 7.89. The molecule has 60 heavy (non-hydrogen) atoms. The number of hydrogen-bond donors (Lipinski definition) is 3. The van der Waals surface area contributed by atoms with Crippen molar-refractivity contribution in [2.24, 2.45) is 5.11 Å². The van der Waals surface area contributed by atoms with E-state index in [1.165, 1.54) is 0 Å². The fraction of sp³-hybridized carbons (Fsp3) is 0.268. The maximum absolute atomic E-state index is 13.4. The van der Waals surface area contributed by atoms with Gasteiger partial charge in [-0.25, -0.2) is 13.1 Å². The Morgan fingerprint density at radius 3 is 1.92 bits per heavy atom. The Balaban J connectivity index is 1.03. The minimum atomic E-state index is -4.96. The van der Waals surface area contributed by atoms with Crippen molar-refractivity contribution in [3.05, 3.63) is 131 Å². The average Bonchev–Trinajstić information content (AvgIpc) is 3.23. The van der Waals surface area contributed by atoms with Crippen molar-refractivity contribution in [1.82, 2.24) is 4.72 Å². The summed E-state index contributed by atoms with van der Waals surface area (Å²) in [4.78, 5) is 6.46. The van der Waals surface area contributed by atoms with Gasteiger partial charge in [-0.15, -0.1) is 13.2 Å². The number of anilines is 4. The highest BCUT2D eigenvalue weighted by Crippen LogP contribution is 2.54. The summed E-state index contributed by atoms with van der Waals surface area (Å²) in [6.07, 6.45) is -8.63. The Morgan fingerprint density at radius 1 is 0.733 bits per heavy atom. The van der Waals surface area contributed by atoms with Gasteiger partial charge in [0.25, 0.3) is 0 Å². The fourth-order valence-electron chi connectivity index (χ4n) is 8.19. The van der Waals surface area contributed by atoms with Gasteiger partial charge in [0.2, 0.25) is 10.0 Å². The zero-order valence-electron chi connectivity index (χ0n) is 31.2. The number of aliphatic hydroxyl groups is 2. The molecule has 9 rings (SSSR count). The highest BCUT2D eigenvalue weighted by Gasteiger charge is 2.48. The topological polar surface area (TPSA) is 188 Å². The first-order chi connectivity index (χ1) is 28.9. The highest BCUT2D eigenvalue weighted by atomic mass is 32.2. The van der Waals surface area contributed by atoms with E-state index in [1.54, 1.807) is 47.4 Å². The van der Waals surface area contributed by atoms with E-state index < -0.39 is 64.6 Å². The largest absolute Gasteiger partial charge is 0.573 e. The Morgan fingerprint density at radius 2 is 1.30 bits per heavy atom. The molecule has 0 amide bonds. The van der Waals surface area contributed by atoms with E-state index in [4.69, 9.17) is 18.9 Å². The monoisotopic (exact) mass is 844 g/mol. The van der Waals surface area contributed by atoms with Crippen LogP contribution < -0.4 is 28.7 Å². The Kier molecular flexibility index (Phi) is 10.2. The van der Waals surface area contributed by atoms with Crippen LogP contribution in [-0.2, 0) is 19.5 Å². The molecule has 0 aliphatic carbocycles. The maximum atomic E-state index is 13.4. The molecule has 0 saturated carbocycles. The Labute approximate surface area is 340 Å². The van der Waals surface area contributed by atoms with Gasteiger partial charge in [0.05, 0.1) is 89.9 Å². The molecule has 0 aromatic heterocycles. The molecule has 0 bridgehead atoms. The zero-order chi connectivity index (χ0) is 41.8. The smallest absolute Gasteiger partial charge is 0.453 e. The number of para-hydroxylation sites is 7. The number of hydrogen-bond acceptors (Lipinski definition) is 12. The first-order valence-electron chi connectivity index (χ1n) is 18.7. The second-order valence-electron chi connectivity index (χ2n) is 14.4. The van der Waals surface area contributed by atoms with Crippen molar-refractivity contribution in [2.75, 3.05) is 29.6 Å². The molecule has 4 aliphatic rings. The third kappa shape index (κ3) is 7.19. The molecule has 0 radical (unpaired) electrons. The van der Waals surface area contributed by atoms with E-state index >= 15 is 0 Å². The molecule has 2 saturated heterocycles. The first kappa shape index (κ1) is 39.4. The van der Waals surface area contributed by atoms with E-state index in [2.05, 4.69) is 19.5 Å². The van der Waals surface area contributed by atoms with Gasteiger partial charge in [0.15, 0.2) is 23.0 Å². The molecular weight excluding hydrogens is 810 g/mol. The van der Waals surface area contributed by atoms with Crippen LogP contribution in [0, 0.1) is 0 Å². The number of fused-ring (bicyclic) bond motifs is 4. The molecule has 19 heteroatoms. The summed E-state index contributed by atoms with van der Waals surface area (Å²) >= 11 is 0. The lowest BCUT2D eigenvalue weighted by Crippen LogP contribution is -2.60. The standard InChI is InChI=1S/C41H35F3N6O9S/c42-41(43,44)59-23-16-18-24(19-17-23)60(53,54)47-26-20-55-21-31(37(26)51)50-29-11-3-6-15-35(29)58-39-25(8-7-12-30(39)50)40-36(46-48-45)38(52)32(22-56-40)49-27-9-1-4-13-33(27)57-34-14-5-2-10-28(34)49/h1-19,26,31-32,36-38,40,47,51-52H,20-22H2/t26-,31+,32+,36?,37+,38-,40?/m1/s1. The van der Waals surface area contributed by atoms with Crippen LogP contribution in [0.3, 0.4) is 0 Å². The van der Waals surface area contributed by atoms with Gasteiger partial charge >= 0.3 is 6.36 Å². The summed E-state index contributed by atoms with van der Waals surface area (Å²) in [5, 5.41) is 28.2. The summed E-state index contributed by atoms with van der Waals surface area (Å²) in [5.74, 6) is 1.21. The summed E-state index contributed by atoms with van der Waals surface area (Å²) < 4.78 is 96.5. The van der Waals surface area contributed by atoms with Gasteiger partial charge in [-0.2, -0.15) is 0 Å². The number of ether oxygens (including phenoxy) is 5. The van der Waals surface area contributed by atoms with Crippen molar-refractivity contribution in [2.45, 2.75) is 53.7 Å². The van der Waals surface area contributed by atoms with Crippen LogP contribution in [0.4, 0.5) is 35.9 Å². The van der Waals surface area contributed by atoms with Crippen molar-refractivity contribution < 1.29 is 55.5 Å². The van der Waals surface area contributed by atoms with Gasteiger partial charge in [-0.3, -0.25) is 0 Å². The van der Waals surface area contributed by atoms with E-state index in [0.717, 1.165) is 24.3 Å². The van der Waals surface area contributed by atoms with Crippen LogP contribution in [0.1, 0.15) is 11.7 Å². The van der Waals surface area contributed by atoms with Crippen LogP contribution in [0.25, 0.3) is 10.4 Å². The third-order valence-electron chi connectivity index (χ3n) is 10.8. The molecule has 2 fully saturated rings. The number of rotatable bonds is 8. The number of benzene rings is 5. The minimum Gasteiger partial charge on any atom is -0.453 e. The molecule has 310 valence electrons. The Bertz CT molecular complexity index is 2530. The summed E-state index contributed by atoms with van der Waals surface area (Å²) in [6, 6.07) is 26.7. The van der Waals surface area contributed by atoms with E-state index in [1.807, 2.05) is 53.4 Å². The predicted molar refractivity (Wildman–Crippen MR) is 209 cm³/mol. The average molecular weight is 845 g/mol. The molecule has 2 unspecified atom stereocenters. The number of nitrogens with zero attached hydrogens (tertiary/aromatic N) is 5. The number of halogens is 3. The van der Waals surface area contributed by atoms with Crippen LogP contribution in [0.2, 0.25) is 0 Å². The second kappa shape index (κ2) is 15.5. The second-order valence-corrected chi connectivity index (χ2v) is 16.1. The molecule has 3 N–H and O–H groups in total. The van der Waals surface area contributed by atoms with Crippen molar-refractivity contribution >= 4 is 32.8 Å². The van der Waals surface area contributed by atoms with Gasteiger partial charge in [-0.05, 0) is 72.3 Å². The molecule has 5 aromatic carbocycles. The Hall–Kier alpha value is -6.05. The summed E-state index contributed by atoms with van der Waals surface area (Å²) in [6.45, 7) is -0.276. The van der Waals surface area contributed by atoms with Crippen LogP contribution in [-0.4, -0.2) is 81.2 Å². The van der Waals surface area contributed by atoms with E-state index in [0.29, 0.717) is 45.6 Å². The number of nitrogens with one attached hydrogen (secondary N) is 1. The van der Waals surface area contributed by atoms with Gasteiger partial charge in [0, 0.05) is 10.5 Å². The van der Waals surface area contributed by atoms with Crippen LogP contribution in [0.15, 0.2) is 125 Å². The van der Waals surface area contributed by atoms with E-state index in [9.17, 15) is 37.3 Å². The van der Waals surface area contributed by atoms with Crippen LogP contribution >= 0.6 is 0 Å². The molecule has 0 spiro atoms. The summed E-state index contributed by atoms with van der Waals surface area (Å²) in [7, 11) is -4.37. The SMILES string of the molecule is [N-]=[N+]=NC1C(c2cccc3c2Oc2ccccc2N3[C@H]2COC[C@@H](NS(=O)(=O)c3ccc(OC(F)(F)F)cc3)[C@@H]2O)OC[C@H](N2c3ccccc3Oc3ccccc32)[C@H]1O. The first-order valence-corrected chi connectivity index (χ1v) is 20.2. The van der Waals surface area contributed by atoms with Crippen LogP contribution in [0.5, 0.6) is 28.7 Å². The lowest BCUT2D eigenvalue weighted by Gasteiger charge is -2.47. The third-order valence-corrected chi connectivity index (χ3v) is 12.3. The lowest BCUT2D eigenvalue weighted by atomic mass is 9.88. The van der Waals surface area contributed by atoms with E-state index in [-0.39, 0.29) is 30.5 Å². The normalized spacial score (nSPS) is 24.6. The fourth-order valence-corrected chi connectivity index (χ4v) is 9.43. The summed E-state index contributed by atoms with van der Waals surface area (Å²) in [5.41, 5.74) is 12.6. The number of sulfonamides is 1. The predicted octanol–water partition coefficient (Wildman–Crippen LogP) is 7.36. The zero-order valence-corrected chi connectivity index (χ0v) is 32.0. The molecule has 15 nitrogen and oxygen atoms in total. The van der Waals surface area contributed by atoms with Gasteiger partial charge in [-0.1, -0.05) is 53.6 Å². The van der Waals surface area contributed by atoms with Crippen molar-refractivity contribution in [3.8, 4) is 28.7 Å². The molecule has 5 aromatic rings. The number of aliphatic hydroxyl groups excluding tert-OH is 2. The van der Waals surface area contributed by atoms with Crippen molar-refractivity contribution in [1.29, 1.82) is 0 Å². The minimum absolute atomic E-state index is 0.00893. The maximum Gasteiger partial charge on any atom is 0.573 e.